The van der Waals surface area contributed by atoms with Crippen LogP contribution < -0.4 is 25.8 Å². The molecule has 0 bridgehead atoms. The second-order valence-corrected chi connectivity index (χ2v) is 19.8. The number of hydrogen-bond donors (Lipinski definition) is 3. The van der Waals surface area contributed by atoms with Gasteiger partial charge in [-0.2, -0.15) is 21.0 Å². The molecule has 9 aromatic carbocycles. The molecular weight excluding hydrogens is 1180 g/mol. The van der Waals surface area contributed by atoms with Crippen LogP contribution in [0, 0.1) is 86.0 Å². The number of phenols is 1. The van der Waals surface area contributed by atoms with Crippen LogP contribution in [0.15, 0.2) is 179 Å². The number of benzene rings is 9. The number of ether oxygens (including phenoxy) is 2. The van der Waals surface area contributed by atoms with Crippen molar-refractivity contribution in [3.8, 4) is 41.5 Å². The van der Waals surface area contributed by atoms with Gasteiger partial charge in [-0.1, -0.05) is 93.7 Å². The maximum absolute atomic E-state index is 15.2. The third-order valence-electron chi connectivity index (χ3n) is 13.6. The number of hydrogen-bond acceptors (Lipinski definition) is 11. The van der Waals surface area contributed by atoms with Crippen LogP contribution in [0.2, 0.25) is 0 Å². The van der Waals surface area contributed by atoms with E-state index >= 15 is 8.78 Å². The van der Waals surface area contributed by atoms with Gasteiger partial charge in [0.05, 0.1) is 28.4 Å². The molecule has 9 aromatic rings. The first-order valence-corrected chi connectivity index (χ1v) is 26.4. The van der Waals surface area contributed by atoms with Gasteiger partial charge in [0.25, 0.3) is 0 Å². The second kappa shape index (κ2) is 29.3. The number of nitrogens with two attached hydrogens (primary N) is 2. The van der Waals surface area contributed by atoms with Gasteiger partial charge in [-0.3, -0.25) is 4.79 Å². The summed E-state index contributed by atoms with van der Waals surface area (Å²) in [6.07, 6.45) is 3.35. The van der Waals surface area contributed by atoms with Crippen molar-refractivity contribution in [1.29, 1.82) is 21.0 Å². The molecule has 0 aromatic heterocycles. The number of nitrogens with zero attached hydrogens (tertiary/aromatic N) is 5. The van der Waals surface area contributed by atoms with E-state index in [1.807, 2.05) is 97.1 Å². The van der Waals surface area contributed by atoms with Crippen LogP contribution in [0.3, 0.4) is 0 Å². The molecule has 0 spiro atoms. The minimum Gasteiger partial charge on any atom is -0.508 e. The predicted octanol–water partition coefficient (Wildman–Crippen LogP) is 16.6. The average Bonchev–Trinajstić information content (AvgIpc) is 0.825. The molecule has 3 aliphatic rings. The number of nitriles is 4. The maximum Gasteiger partial charge on any atom is 0.205 e. The van der Waals surface area contributed by atoms with Gasteiger partial charge in [0, 0.05) is 29.8 Å². The van der Waals surface area contributed by atoms with Gasteiger partial charge >= 0.3 is 0 Å². The fourth-order valence-corrected chi connectivity index (χ4v) is 10.2. The molecule has 0 radical (unpaired) electrons. The summed E-state index contributed by atoms with van der Waals surface area (Å²) in [7, 11) is 0. The van der Waals surface area contributed by atoms with Gasteiger partial charge < -0.3 is 30.9 Å². The van der Waals surface area contributed by atoms with Crippen LogP contribution in [0.1, 0.15) is 85.0 Å². The van der Waals surface area contributed by atoms with Gasteiger partial charge in [-0.05, 0) is 151 Å². The highest BCUT2D eigenvalue weighted by molar-refractivity contribution is 9.10. The summed E-state index contributed by atoms with van der Waals surface area (Å²) in [5.74, 6) is -8.04. The summed E-state index contributed by atoms with van der Waals surface area (Å²) in [6, 6.07) is 49.5. The van der Waals surface area contributed by atoms with Crippen molar-refractivity contribution in [1.82, 2.24) is 0 Å². The standard InChI is InChI=1S/C25H21F2N3O.C20H11F3N2O.C10H8O.C7H3BrF2O.C3H2N2.2CH4/c26-20-11-17(12-21(27)24(20)30-8-4-1-5-9-30)23-18-10-15-6-2-3-7-16(15)13-22(18)31-25(29)19(23)14-28;21-15-6-12(7-16(22)19(15)23)18-13-5-10-3-1-2-4-11(10)8-17(13)26-20(25)14(18)9-24;11-10-6-5-8-3-1-2-4-9(8)7-10;8-5-1-4(3-11)2-6(9)7(5)10;4-2-1-3-5;;/h2-3,6-7,10-13,23H,1,4-5,8-9,29H2;1-8,18H,25H2;1-7,11H;1-3H;1H2;2*1H4. The van der Waals surface area contributed by atoms with Crippen molar-refractivity contribution < 1.29 is 50.1 Å². The number of carbonyl (C=O) groups excluding carboxylic acids is 1. The summed E-state index contributed by atoms with van der Waals surface area (Å²) >= 11 is 2.76. The normalized spacial score (nSPS) is 14.3. The predicted molar refractivity (Wildman–Crippen MR) is 320 cm³/mol. The number of rotatable bonds is 4. The average molecular weight is 1230 g/mol. The summed E-state index contributed by atoms with van der Waals surface area (Å²) in [5, 5.41) is 49.5. The molecule has 3 aliphatic heterocycles. The third-order valence-corrected chi connectivity index (χ3v) is 14.2. The molecule has 19 heteroatoms. The fourth-order valence-electron chi connectivity index (χ4n) is 9.74. The molecule has 1 fully saturated rings. The molecule has 0 amide bonds. The number of phenolic OH excluding ortho intramolecular Hbond substituents is 1. The van der Waals surface area contributed by atoms with Gasteiger partial charge in [0.2, 0.25) is 11.8 Å². The van der Waals surface area contributed by atoms with E-state index in [1.165, 1.54) is 18.2 Å². The lowest BCUT2D eigenvalue weighted by Gasteiger charge is -2.31. The van der Waals surface area contributed by atoms with Crippen LogP contribution in [0.25, 0.3) is 32.3 Å². The van der Waals surface area contributed by atoms with E-state index in [4.69, 9.17) is 36.6 Å². The van der Waals surface area contributed by atoms with Crippen LogP contribution in [-0.2, 0) is 0 Å². The first kappa shape index (κ1) is 64.8. The van der Waals surface area contributed by atoms with Crippen molar-refractivity contribution in [3.63, 3.8) is 0 Å². The van der Waals surface area contributed by atoms with E-state index in [-0.39, 0.29) is 65.5 Å². The summed E-state index contributed by atoms with van der Waals surface area (Å²) in [6.45, 7) is 1.27. The highest BCUT2D eigenvalue weighted by Gasteiger charge is 2.34. The molecular formula is C67H53BrF7N7O4. The van der Waals surface area contributed by atoms with Crippen molar-refractivity contribution in [2.75, 3.05) is 18.0 Å². The lowest BCUT2D eigenvalue weighted by Crippen LogP contribution is -2.31. The zero-order valence-electron chi connectivity index (χ0n) is 44.0. The number of allylic oxidation sites excluding steroid dienone is 2. The summed E-state index contributed by atoms with van der Waals surface area (Å²) in [4.78, 5) is 11.9. The number of anilines is 1. The molecule has 0 saturated carbocycles. The van der Waals surface area contributed by atoms with Crippen LogP contribution in [-0.4, -0.2) is 24.5 Å². The van der Waals surface area contributed by atoms with E-state index in [0.717, 1.165) is 69.8 Å². The monoisotopic (exact) mass is 1230 g/mol. The second-order valence-electron chi connectivity index (χ2n) is 18.9. The zero-order valence-corrected chi connectivity index (χ0v) is 45.6. The Kier molecular flexibility index (Phi) is 22.1. The van der Waals surface area contributed by atoms with Gasteiger partial charge in [-0.25, -0.2) is 30.7 Å². The zero-order chi connectivity index (χ0) is 60.2. The first-order chi connectivity index (χ1) is 40.5. The topological polar surface area (TPSA) is 206 Å². The molecule has 86 heavy (non-hydrogen) atoms. The number of fused-ring (bicyclic) bond motifs is 5. The first-order valence-electron chi connectivity index (χ1n) is 25.6. The Morgan fingerprint density at radius 2 is 0.942 bits per heavy atom. The van der Waals surface area contributed by atoms with Gasteiger partial charge in [0.1, 0.15) is 70.6 Å². The van der Waals surface area contributed by atoms with E-state index in [0.29, 0.717) is 53.3 Å². The lowest BCUT2D eigenvalue weighted by molar-refractivity contribution is 0.112. The van der Waals surface area contributed by atoms with E-state index < -0.39 is 52.6 Å². The molecule has 5 N–H and O–H groups in total. The molecule has 2 atom stereocenters. The molecule has 436 valence electrons. The summed E-state index contributed by atoms with van der Waals surface area (Å²) in [5.41, 5.74) is 13.8. The molecule has 3 heterocycles. The Bertz CT molecular complexity index is 4180. The third kappa shape index (κ3) is 14.5. The van der Waals surface area contributed by atoms with E-state index in [2.05, 4.69) is 22.0 Å². The molecule has 1 saturated heterocycles. The highest BCUT2D eigenvalue weighted by Crippen LogP contribution is 2.46. The van der Waals surface area contributed by atoms with E-state index in [9.17, 15) is 37.3 Å². The van der Waals surface area contributed by atoms with Gasteiger partial charge in [-0.15, -0.1) is 0 Å². The van der Waals surface area contributed by atoms with Crippen molar-refractivity contribution in [2.45, 2.75) is 52.4 Å². The fraction of sp³-hybridized carbons (Fsp3) is 0.149. The molecule has 11 nitrogen and oxygen atoms in total. The Morgan fingerprint density at radius 3 is 1.35 bits per heavy atom. The SMILES string of the molecule is C.C.N#CC1=C(N)Oc2cc3ccccc3cc2C1c1cc(F)c(F)c(F)c1.N#CC1=C(N)Oc2cc3ccccc3cc2C1c1cc(F)c(N2CCCCC2)c(F)c1.N#CCC#N.O=Cc1cc(F)c(F)c(Br)c1.Oc1ccc2ccccc2c1. The molecule has 0 aliphatic carbocycles. The van der Waals surface area contributed by atoms with Crippen molar-refractivity contribution >= 4 is 60.2 Å². The number of aldehydes is 1. The molecule has 2 unspecified atom stereocenters. The minimum atomic E-state index is -1.56. The highest BCUT2D eigenvalue weighted by atomic mass is 79.9. The van der Waals surface area contributed by atoms with Crippen LogP contribution in [0.5, 0.6) is 17.2 Å². The van der Waals surface area contributed by atoms with Gasteiger partial charge in [0.15, 0.2) is 29.1 Å². The number of halogens is 8. The number of carbonyl (C=O) groups is 1. The Hall–Kier alpha value is -10.3. The smallest absolute Gasteiger partial charge is 0.205 e. The van der Waals surface area contributed by atoms with E-state index in [1.54, 1.807) is 41.3 Å². The van der Waals surface area contributed by atoms with Crippen LogP contribution >= 0.6 is 15.9 Å². The maximum atomic E-state index is 15.2. The van der Waals surface area contributed by atoms with Crippen molar-refractivity contribution in [3.05, 3.63) is 248 Å². The quantitative estimate of drug-likeness (QED) is 0.0858. The number of piperidine rings is 1. The lowest BCUT2D eigenvalue weighted by atomic mass is 9.82. The summed E-state index contributed by atoms with van der Waals surface area (Å²) < 4.78 is 107. The number of aromatic hydroxyl groups is 1. The Morgan fingerprint density at radius 1 is 0.535 bits per heavy atom. The Labute approximate surface area is 500 Å². The largest absolute Gasteiger partial charge is 0.508 e. The minimum absolute atomic E-state index is 0. The Balaban J connectivity index is 0.000000192. The van der Waals surface area contributed by atoms with Crippen molar-refractivity contribution in [2.24, 2.45) is 11.5 Å². The molecule has 12 rings (SSSR count). The van der Waals surface area contributed by atoms with Crippen LogP contribution in [0.4, 0.5) is 36.4 Å².